The average Bonchev–Trinajstić information content (AvgIpc) is 2.51. The molecule has 1 N–H and O–H groups in total. The lowest BCUT2D eigenvalue weighted by Crippen LogP contribution is -2.47. The van der Waals surface area contributed by atoms with Gasteiger partial charge in [-0.25, -0.2) is 13.6 Å². The van der Waals surface area contributed by atoms with E-state index in [9.17, 15) is 18.4 Å². The van der Waals surface area contributed by atoms with Crippen LogP contribution < -0.4 is 5.32 Å². The molecule has 1 aliphatic rings. The molecular formula is C17H21BrF2N2O3. The number of piperidine rings is 1. The van der Waals surface area contributed by atoms with Crippen LogP contribution in [0.5, 0.6) is 0 Å². The molecule has 1 aromatic carbocycles. The maximum absolute atomic E-state index is 13.9. The fourth-order valence-electron chi connectivity index (χ4n) is 2.50. The predicted molar refractivity (Wildman–Crippen MR) is 92.4 cm³/mol. The van der Waals surface area contributed by atoms with Gasteiger partial charge < -0.3 is 15.0 Å². The van der Waals surface area contributed by atoms with Crippen LogP contribution in [0.1, 0.15) is 44.0 Å². The van der Waals surface area contributed by atoms with Crippen LogP contribution in [-0.2, 0) is 4.74 Å². The molecule has 0 aliphatic carbocycles. The summed E-state index contributed by atoms with van der Waals surface area (Å²) in [5.74, 6) is -2.94. The maximum Gasteiger partial charge on any atom is 0.410 e. The van der Waals surface area contributed by atoms with Gasteiger partial charge in [-0.2, -0.15) is 0 Å². The minimum Gasteiger partial charge on any atom is -0.444 e. The smallest absolute Gasteiger partial charge is 0.410 e. The lowest BCUT2D eigenvalue weighted by molar-refractivity contribution is 0.0199. The van der Waals surface area contributed by atoms with Crippen molar-refractivity contribution in [2.75, 3.05) is 13.1 Å². The Morgan fingerprint density at radius 2 is 1.80 bits per heavy atom. The summed E-state index contributed by atoms with van der Waals surface area (Å²) in [5.41, 5.74) is -0.902. The van der Waals surface area contributed by atoms with Gasteiger partial charge in [0.25, 0.3) is 5.91 Å². The van der Waals surface area contributed by atoms with Crippen molar-refractivity contribution in [2.45, 2.75) is 45.3 Å². The molecule has 0 radical (unpaired) electrons. The quantitative estimate of drug-likeness (QED) is 0.741. The van der Waals surface area contributed by atoms with Gasteiger partial charge in [-0.05, 0) is 61.7 Å². The van der Waals surface area contributed by atoms with Crippen molar-refractivity contribution in [1.82, 2.24) is 10.2 Å². The molecule has 0 spiro atoms. The zero-order valence-electron chi connectivity index (χ0n) is 14.4. The summed E-state index contributed by atoms with van der Waals surface area (Å²) >= 11 is 2.87. The summed E-state index contributed by atoms with van der Waals surface area (Å²) in [6, 6.07) is 2.31. The fraction of sp³-hybridized carbons (Fsp3) is 0.529. The van der Waals surface area contributed by atoms with E-state index in [4.69, 9.17) is 4.74 Å². The van der Waals surface area contributed by atoms with Crippen molar-refractivity contribution in [3.63, 3.8) is 0 Å². The second-order valence-corrected chi connectivity index (χ2v) is 7.79. The molecule has 138 valence electrons. The van der Waals surface area contributed by atoms with Gasteiger partial charge in [0.15, 0.2) is 11.6 Å². The van der Waals surface area contributed by atoms with Gasteiger partial charge in [-0.3, -0.25) is 4.79 Å². The van der Waals surface area contributed by atoms with Gasteiger partial charge >= 0.3 is 6.09 Å². The molecule has 1 fully saturated rings. The van der Waals surface area contributed by atoms with Crippen LogP contribution in [0.25, 0.3) is 0 Å². The van der Waals surface area contributed by atoms with E-state index < -0.39 is 29.2 Å². The summed E-state index contributed by atoms with van der Waals surface area (Å²) in [6.07, 6.45) is 0.648. The van der Waals surface area contributed by atoms with Gasteiger partial charge in [0.2, 0.25) is 0 Å². The molecule has 5 nitrogen and oxygen atoms in total. The van der Waals surface area contributed by atoms with Crippen molar-refractivity contribution in [1.29, 1.82) is 0 Å². The normalized spacial score (nSPS) is 15.8. The average molecular weight is 419 g/mol. The van der Waals surface area contributed by atoms with E-state index in [1.54, 1.807) is 25.7 Å². The van der Waals surface area contributed by atoms with Gasteiger partial charge in [-0.15, -0.1) is 0 Å². The SMILES string of the molecule is CC(C)(C)OC(=O)N1CCC(NC(=O)c2ccc(Br)c(F)c2F)CC1. The molecule has 1 aliphatic heterocycles. The molecule has 25 heavy (non-hydrogen) atoms. The molecule has 0 bridgehead atoms. The van der Waals surface area contributed by atoms with Crippen LogP contribution in [0, 0.1) is 11.6 Å². The Kier molecular flexibility index (Phi) is 6.03. The minimum atomic E-state index is -1.18. The number of amides is 2. The molecule has 0 unspecified atom stereocenters. The molecule has 2 amide bonds. The standard InChI is InChI=1S/C17H21BrF2N2O3/c1-17(2,3)25-16(24)22-8-6-10(7-9-22)21-15(23)11-4-5-12(18)14(20)13(11)19/h4-5,10H,6-9H2,1-3H3,(H,21,23). The zero-order valence-corrected chi connectivity index (χ0v) is 16.0. The molecule has 1 heterocycles. The van der Waals surface area contributed by atoms with Crippen LogP contribution in [0.3, 0.4) is 0 Å². The van der Waals surface area contributed by atoms with E-state index in [0.29, 0.717) is 25.9 Å². The molecule has 0 saturated carbocycles. The molecule has 8 heteroatoms. The first-order valence-electron chi connectivity index (χ1n) is 8.01. The largest absolute Gasteiger partial charge is 0.444 e. The number of hydrogen-bond donors (Lipinski definition) is 1. The van der Waals surface area contributed by atoms with Crippen molar-refractivity contribution >= 4 is 27.9 Å². The van der Waals surface area contributed by atoms with Crippen molar-refractivity contribution in [3.05, 3.63) is 33.8 Å². The van der Waals surface area contributed by atoms with Gasteiger partial charge in [0.05, 0.1) is 10.0 Å². The first-order chi connectivity index (χ1) is 11.6. The number of nitrogens with zero attached hydrogens (tertiary/aromatic N) is 1. The molecule has 1 aromatic rings. The highest BCUT2D eigenvalue weighted by atomic mass is 79.9. The van der Waals surface area contributed by atoms with Crippen LogP contribution in [0.15, 0.2) is 16.6 Å². The highest BCUT2D eigenvalue weighted by Gasteiger charge is 2.28. The third kappa shape index (κ3) is 5.14. The first-order valence-corrected chi connectivity index (χ1v) is 8.80. The number of carbonyl (C=O) groups is 2. The van der Waals surface area contributed by atoms with Gasteiger partial charge in [-0.1, -0.05) is 0 Å². The van der Waals surface area contributed by atoms with Crippen LogP contribution in [0.4, 0.5) is 13.6 Å². The van der Waals surface area contributed by atoms with E-state index in [-0.39, 0.29) is 16.1 Å². The molecular weight excluding hydrogens is 398 g/mol. The van der Waals surface area contributed by atoms with Crippen molar-refractivity contribution in [3.8, 4) is 0 Å². The number of likely N-dealkylation sites (tertiary alicyclic amines) is 1. The fourth-order valence-corrected chi connectivity index (χ4v) is 2.80. The van der Waals surface area contributed by atoms with Crippen LogP contribution in [0.2, 0.25) is 0 Å². The number of ether oxygens (including phenoxy) is 1. The van der Waals surface area contributed by atoms with Gasteiger partial charge in [0.1, 0.15) is 5.60 Å². The summed E-state index contributed by atoms with van der Waals surface area (Å²) < 4.78 is 32.7. The number of nitrogens with one attached hydrogen (secondary N) is 1. The van der Waals surface area contributed by atoms with E-state index in [2.05, 4.69) is 21.2 Å². The zero-order chi connectivity index (χ0) is 18.8. The second kappa shape index (κ2) is 7.68. The Morgan fingerprint density at radius 1 is 1.20 bits per heavy atom. The van der Waals surface area contributed by atoms with E-state index in [1.807, 2.05) is 0 Å². The topological polar surface area (TPSA) is 58.6 Å². The maximum atomic E-state index is 13.9. The molecule has 0 aromatic heterocycles. The summed E-state index contributed by atoms with van der Waals surface area (Å²) in [7, 11) is 0. The Labute approximate surface area is 153 Å². The number of hydrogen-bond acceptors (Lipinski definition) is 3. The van der Waals surface area contributed by atoms with Crippen LogP contribution >= 0.6 is 15.9 Å². The Hall–Kier alpha value is -1.70. The molecule has 0 atom stereocenters. The van der Waals surface area contributed by atoms with Crippen LogP contribution in [-0.4, -0.2) is 41.6 Å². The van der Waals surface area contributed by atoms with E-state index >= 15 is 0 Å². The van der Waals surface area contributed by atoms with E-state index in [0.717, 1.165) is 0 Å². The molecule has 2 rings (SSSR count). The predicted octanol–water partition coefficient (Wildman–Crippen LogP) is 3.86. The summed E-state index contributed by atoms with van der Waals surface area (Å²) in [4.78, 5) is 25.7. The van der Waals surface area contributed by atoms with Crippen molar-refractivity contribution < 1.29 is 23.1 Å². The minimum absolute atomic E-state index is 0.0350. The van der Waals surface area contributed by atoms with Crippen molar-refractivity contribution in [2.24, 2.45) is 0 Å². The monoisotopic (exact) mass is 418 g/mol. The highest BCUT2D eigenvalue weighted by molar-refractivity contribution is 9.10. The third-order valence-corrected chi connectivity index (χ3v) is 4.37. The van der Waals surface area contributed by atoms with E-state index in [1.165, 1.54) is 12.1 Å². The Morgan fingerprint density at radius 3 is 2.36 bits per heavy atom. The number of halogens is 3. The third-order valence-electron chi connectivity index (χ3n) is 3.76. The Balaban J connectivity index is 1.91. The number of carbonyl (C=O) groups excluding carboxylic acids is 2. The number of rotatable bonds is 2. The summed E-state index contributed by atoms with van der Waals surface area (Å²) in [6.45, 7) is 6.24. The second-order valence-electron chi connectivity index (χ2n) is 6.94. The molecule has 1 saturated heterocycles. The first kappa shape index (κ1) is 19.6. The number of benzene rings is 1. The Bertz CT molecular complexity index is 669. The lowest BCUT2D eigenvalue weighted by Gasteiger charge is -2.33. The lowest BCUT2D eigenvalue weighted by atomic mass is 10.0. The highest BCUT2D eigenvalue weighted by Crippen LogP contribution is 2.22. The van der Waals surface area contributed by atoms with Gasteiger partial charge in [0, 0.05) is 19.1 Å². The summed E-state index contributed by atoms with van der Waals surface area (Å²) in [5, 5.41) is 2.69.